The van der Waals surface area contributed by atoms with E-state index in [2.05, 4.69) is 24.1 Å². The molecular weight excluding hydrogens is 366 g/mol. The quantitative estimate of drug-likeness (QED) is 0.751. The number of hydrogen-bond acceptors (Lipinski definition) is 4. The molecule has 0 spiro atoms. The Hall–Kier alpha value is -2.05. The third kappa shape index (κ3) is 4.12. The summed E-state index contributed by atoms with van der Waals surface area (Å²) in [4.78, 5) is 27.9. The summed E-state index contributed by atoms with van der Waals surface area (Å²) in [5, 5.41) is 3.57. The van der Waals surface area contributed by atoms with Crippen LogP contribution in [0.4, 0.5) is 0 Å². The Morgan fingerprint density at radius 3 is 2.89 bits per heavy atom. The van der Waals surface area contributed by atoms with E-state index in [-0.39, 0.29) is 16.9 Å². The summed E-state index contributed by atoms with van der Waals surface area (Å²) in [5.41, 5.74) is 0.432. The average Bonchev–Trinajstić information content (AvgIpc) is 2.68. The van der Waals surface area contributed by atoms with Gasteiger partial charge in [0.25, 0.3) is 5.91 Å². The number of nitrogens with one attached hydrogen (secondary N) is 1. The maximum atomic E-state index is 12.9. The van der Waals surface area contributed by atoms with Crippen LogP contribution in [0.3, 0.4) is 0 Å². The molecule has 0 atom stereocenters. The van der Waals surface area contributed by atoms with E-state index in [1.54, 1.807) is 18.3 Å². The van der Waals surface area contributed by atoms with Gasteiger partial charge >= 0.3 is 0 Å². The monoisotopic (exact) mass is 391 g/mol. The van der Waals surface area contributed by atoms with Crippen molar-refractivity contribution in [2.24, 2.45) is 0 Å². The van der Waals surface area contributed by atoms with E-state index in [9.17, 15) is 9.59 Å². The maximum Gasteiger partial charge on any atom is 0.256 e. The van der Waals surface area contributed by atoms with Crippen molar-refractivity contribution in [3.05, 3.63) is 39.1 Å². The van der Waals surface area contributed by atoms with Gasteiger partial charge in [-0.05, 0) is 31.6 Å². The van der Waals surface area contributed by atoms with E-state index in [0.29, 0.717) is 41.4 Å². The minimum absolute atomic E-state index is 0.125. The molecule has 0 radical (unpaired) electrons. The lowest BCUT2D eigenvalue weighted by molar-refractivity contribution is 0.0946. The van der Waals surface area contributed by atoms with E-state index in [0.717, 1.165) is 32.5 Å². The molecule has 1 aliphatic rings. The Balaban J connectivity index is 1.81. The Bertz CT molecular complexity index is 894. The van der Waals surface area contributed by atoms with Gasteiger partial charge in [-0.3, -0.25) is 9.59 Å². The number of carbonyl (C=O) groups is 1. The molecule has 146 valence electrons. The molecule has 0 fully saturated rings. The largest absolute Gasteiger partial charge is 0.490 e. The molecule has 1 aliphatic heterocycles. The molecule has 1 amide bonds. The van der Waals surface area contributed by atoms with Crippen LogP contribution in [0.1, 0.15) is 37.0 Å². The highest BCUT2D eigenvalue weighted by Crippen LogP contribution is 2.31. The van der Waals surface area contributed by atoms with Gasteiger partial charge in [-0.15, -0.1) is 0 Å². The summed E-state index contributed by atoms with van der Waals surface area (Å²) in [6, 6.07) is 3.40. The van der Waals surface area contributed by atoms with Crippen LogP contribution in [-0.2, 0) is 6.54 Å². The lowest BCUT2D eigenvalue weighted by Crippen LogP contribution is -2.37. The van der Waals surface area contributed by atoms with Crippen molar-refractivity contribution in [2.75, 3.05) is 32.8 Å². The molecule has 3 rings (SSSR count). The first kappa shape index (κ1) is 19.7. The second-order valence-electron chi connectivity index (χ2n) is 6.73. The first-order valence-electron chi connectivity index (χ1n) is 9.55. The third-order valence-electron chi connectivity index (χ3n) is 4.96. The third-order valence-corrected chi connectivity index (χ3v) is 5.27. The van der Waals surface area contributed by atoms with E-state index in [4.69, 9.17) is 16.3 Å². The predicted octanol–water partition coefficient (Wildman–Crippen LogP) is 2.90. The molecule has 0 unspecified atom stereocenters. The Labute approximate surface area is 164 Å². The van der Waals surface area contributed by atoms with Gasteiger partial charge in [0.05, 0.1) is 22.5 Å². The van der Waals surface area contributed by atoms with Crippen LogP contribution in [0, 0.1) is 0 Å². The molecule has 7 heteroatoms. The van der Waals surface area contributed by atoms with Crippen molar-refractivity contribution >= 4 is 28.4 Å². The molecule has 0 aliphatic carbocycles. The van der Waals surface area contributed by atoms with Crippen molar-refractivity contribution in [3.63, 3.8) is 0 Å². The van der Waals surface area contributed by atoms with Crippen LogP contribution >= 0.6 is 11.6 Å². The molecule has 6 nitrogen and oxygen atoms in total. The number of amides is 1. The first-order valence-corrected chi connectivity index (χ1v) is 9.93. The number of rotatable bonds is 8. The lowest BCUT2D eigenvalue weighted by atomic mass is 10.1. The number of aromatic nitrogens is 1. The highest BCUT2D eigenvalue weighted by molar-refractivity contribution is 6.35. The van der Waals surface area contributed by atoms with Crippen LogP contribution in [0.5, 0.6) is 5.75 Å². The molecule has 0 bridgehead atoms. The molecule has 2 heterocycles. The van der Waals surface area contributed by atoms with Crippen LogP contribution in [-0.4, -0.2) is 48.2 Å². The second kappa shape index (κ2) is 8.76. The number of ether oxygens (including phenoxy) is 1. The Kier molecular flexibility index (Phi) is 6.39. The number of benzene rings is 1. The number of pyridine rings is 1. The van der Waals surface area contributed by atoms with Gasteiger partial charge in [0, 0.05) is 19.3 Å². The molecule has 0 saturated carbocycles. The average molecular weight is 392 g/mol. The normalized spacial score (nSPS) is 13.0. The summed E-state index contributed by atoms with van der Waals surface area (Å²) in [6.45, 7) is 8.58. The highest BCUT2D eigenvalue weighted by Gasteiger charge is 2.22. The van der Waals surface area contributed by atoms with E-state index >= 15 is 0 Å². The lowest BCUT2D eigenvalue weighted by Gasteiger charge is -2.22. The number of carbonyl (C=O) groups excluding carboxylic acids is 1. The fourth-order valence-electron chi connectivity index (χ4n) is 3.40. The zero-order valence-corrected chi connectivity index (χ0v) is 16.6. The zero-order valence-electron chi connectivity index (χ0n) is 15.9. The summed E-state index contributed by atoms with van der Waals surface area (Å²) >= 11 is 6.27. The Morgan fingerprint density at radius 2 is 2.15 bits per heavy atom. The van der Waals surface area contributed by atoms with Crippen LogP contribution in [0.2, 0.25) is 5.02 Å². The van der Waals surface area contributed by atoms with Gasteiger partial charge in [-0.25, -0.2) is 0 Å². The van der Waals surface area contributed by atoms with Crippen molar-refractivity contribution in [3.8, 4) is 5.75 Å². The number of hydrogen-bond donors (Lipinski definition) is 1. The fraction of sp³-hybridized carbons (Fsp3) is 0.500. The van der Waals surface area contributed by atoms with Gasteiger partial charge in [0.15, 0.2) is 0 Å². The van der Waals surface area contributed by atoms with Crippen LogP contribution < -0.4 is 15.5 Å². The summed E-state index contributed by atoms with van der Waals surface area (Å²) in [6.07, 6.45) is 3.91. The van der Waals surface area contributed by atoms with Crippen molar-refractivity contribution in [1.29, 1.82) is 0 Å². The number of halogens is 1. The predicted molar refractivity (Wildman–Crippen MR) is 108 cm³/mol. The number of unbranched alkanes of at least 4 members (excludes halogenated alkanes) is 1. The summed E-state index contributed by atoms with van der Waals surface area (Å²) < 4.78 is 7.50. The smallest absolute Gasteiger partial charge is 0.256 e. The maximum absolute atomic E-state index is 12.9. The van der Waals surface area contributed by atoms with Gasteiger partial charge in [0.1, 0.15) is 17.9 Å². The molecule has 1 aromatic carbocycles. The topological polar surface area (TPSA) is 63.6 Å². The number of nitrogens with zero attached hydrogens (tertiary/aromatic N) is 2. The van der Waals surface area contributed by atoms with E-state index < -0.39 is 0 Å². The second-order valence-corrected chi connectivity index (χ2v) is 7.13. The zero-order chi connectivity index (χ0) is 19.4. The molecule has 1 N–H and O–H groups in total. The first-order chi connectivity index (χ1) is 13.1. The molecule has 27 heavy (non-hydrogen) atoms. The standard InChI is InChI=1S/C20H26ClN3O3/c1-3-5-9-23(4-2)10-8-22-20(26)14-13-24-11-12-27-16-7-6-15(21)17(18(16)24)19(14)25/h6-7,13H,3-5,8-12H2,1-2H3,(H,22,26). The minimum atomic E-state index is -0.356. The number of likely N-dealkylation sites (N-methyl/N-ethyl adjacent to an activating group) is 1. The summed E-state index contributed by atoms with van der Waals surface area (Å²) in [7, 11) is 0. The van der Waals surface area contributed by atoms with E-state index in [1.807, 2.05) is 4.57 Å². The van der Waals surface area contributed by atoms with Gasteiger partial charge < -0.3 is 19.5 Å². The fourth-order valence-corrected chi connectivity index (χ4v) is 3.64. The molecule has 2 aromatic rings. The summed E-state index contributed by atoms with van der Waals surface area (Å²) in [5.74, 6) is 0.268. The van der Waals surface area contributed by atoms with Crippen molar-refractivity contribution < 1.29 is 9.53 Å². The highest BCUT2D eigenvalue weighted by atomic mass is 35.5. The molecule has 1 aromatic heterocycles. The van der Waals surface area contributed by atoms with Gasteiger partial charge in [-0.2, -0.15) is 0 Å². The molecular formula is C20H26ClN3O3. The van der Waals surface area contributed by atoms with Crippen molar-refractivity contribution in [1.82, 2.24) is 14.8 Å². The SMILES string of the molecule is CCCCN(CC)CCNC(=O)c1cn2c3c(ccc(Cl)c3c1=O)OCC2. The Morgan fingerprint density at radius 1 is 1.33 bits per heavy atom. The van der Waals surface area contributed by atoms with E-state index in [1.165, 1.54) is 0 Å². The molecule has 0 saturated heterocycles. The van der Waals surface area contributed by atoms with Gasteiger partial charge in [-0.1, -0.05) is 31.9 Å². The minimum Gasteiger partial charge on any atom is -0.490 e. The van der Waals surface area contributed by atoms with Gasteiger partial charge in [0.2, 0.25) is 5.43 Å². The van der Waals surface area contributed by atoms with Crippen LogP contribution in [0.15, 0.2) is 23.1 Å². The van der Waals surface area contributed by atoms with Crippen LogP contribution in [0.25, 0.3) is 10.9 Å². The van der Waals surface area contributed by atoms with Crippen molar-refractivity contribution in [2.45, 2.75) is 33.2 Å².